The van der Waals surface area contributed by atoms with Gasteiger partial charge in [0, 0.05) is 30.5 Å². The molecular weight excluding hydrogens is 338 g/mol. The Labute approximate surface area is 151 Å². The van der Waals surface area contributed by atoms with Crippen LogP contribution >= 0.6 is 11.6 Å². The molecule has 4 rings (SSSR count). The van der Waals surface area contributed by atoms with Crippen molar-refractivity contribution in [2.45, 2.75) is 33.0 Å². The normalized spacial score (nSPS) is 21.0. The Kier molecular flexibility index (Phi) is 4.13. The summed E-state index contributed by atoms with van der Waals surface area (Å²) in [5, 5.41) is 5.72. The van der Waals surface area contributed by atoms with E-state index in [0.29, 0.717) is 10.6 Å². The number of pyridine rings is 1. The molecule has 25 heavy (non-hydrogen) atoms. The number of benzene rings is 1. The van der Waals surface area contributed by atoms with Crippen molar-refractivity contribution >= 4 is 28.3 Å². The van der Waals surface area contributed by atoms with E-state index < -0.39 is 0 Å². The monoisotopic (exact) mass is 357 g/mol. The third-order valence-electron chi connectivity index (χ3n) is 4.51. The Morgan fingerprint density at radius 1 is 1.12 bits per heavy atom. The minimum absolute atomic E-state index is 0.166. The van der Waals surface area contributed by atoms with E-state index in [-0.39, 0.29) is 12.2 Å². The summed E-state index contributed by atoms with van der Waals surface area (Å²) >= 11 is 6.66. The van der Waals surface area contributed by atoms with Crippen molar-refractivity contribution in [3.05, 3.63) is 41.2 Å². The molecule has 1 fully saturated rings. The summed E-state index contributed by atoms with van der Waals surface area (Å²) < 4.78 is 11.4. The van der Waals surface area contributed by atoms with Gasteiger partial charge in [-0.1, -0.05) is 16.8 Å². The van der Waals surface area contributed by atoms with Crippen LogP contribution < -0.4 is 4.90 Å². The molecule has 1 aliphatic heterocycles. The van der Waals surface area contributed by atoms with Gasteiger partial charge in [-0.25, -0.2) is 0 Å². The molecule has 0 aliphatic carbocycles. The molecule has 0 amide bonds. The van der Waals surface area contributed by atoms with Crippen molar-refractivity contribution in [2.75, 3.05) is 18.0 Å². The average Bonchev–Trinajstić information content (AvgIpc) is 3.00. The van der Waals surface area contributed by atoms with Crippen LogP contribution in [0.2, 0.25) is 5.02 Å². The van der Waals surface area contributed by atoms with Gasteiger partial charge in [0.25, 0.3) is 0 Å². The SMILES string of the molecule is Cc1ccc(-c2noc3c(Cl)c(N4C[C@@H](C)O[C@@H](C)C4)ccc23)cn1. The van der Waals surface area contributed by atoms with Crippen molar-refractivity contribution in [1.29, 1.82) is 0 Å². The number of fused-ring (bicyclic) bond motifs is 1. The van der Waals surface area contributed by atoms with Crippen LogP contribution in [0, 0.1) is 6.92 Å². The number of halogens is 1. The maximum atomic E-state index is 6.66. The van der Waals surface area contributed by atoms with E-state index in [0.717, 1.165) is 41.1 Å². The van der Waals surface area contributed by atoms with Gasteiger partial charge < -0.3 is 14.2 Å². The lowest BCUT2D eigenvalue weighted by atomic mass is 10.1. The van der Waals surface area contributed by atoms with Crippen LogP contribution in [-0.2, 0) is 4.74 Å². The van der Waals surface area contributed by atoms with Crippen LogP contribution in [0.3, 0.4) is 0 Å². The standard InChI is InChI=1S/C19H20ClN3O2/c1-11-4-5-14(8-21-11)18-15-6-7-16(17(20)19(15)25-22-18)23-9-12(2)24-13(3)10-23/h4-8,12-13H,9-10H2,1-3H3/t12-,13+. The first-order chi connectivity index (χ1) is 12.0. The minimum atomic E-state index is 0.166. The highest BCUT2D eigenvalue weighted by Gasteiger charge is 2.26. The molecule has 0 spiro atoms. The van der Waals surface area contributed by atoms with Gasteiger partial charge in [0.2, 0.25) is 0 Å². The van der Waals surface area contributed by atoms with E-state index in [4.69, 9.17) is 20.9 Å². The lowest BCUT2D eigenvalue weighted by molar-refractivity contribution is -0.00520. The number of hydrogen-bond acceptors (Lipinski definition) is 5. The van der Waals surface area contributed by atoms with E-state index in [2.05, 4.69) is 28.9 Å². The van der Waals surface area contributed by atoms with E-state index in [9.17, 15) is 0 Å². The summed E-state index contributed by atoms with van der Waals surface area (Å²) in [6.07, 6.45) is 2.14. The molecule has 6 heteroatoms. The largest absolute Gasteiger partial charge is 0.372 e. The predicted molar refractivity (Wildman–Crippen MR) is 99.2 cm³/mol. The Bertz CT molecular complexity index is 897. The molecule has 1 aromatic carbocycles. The fraction of sp³-hybridized carbons (Fsp3) is 0.368. The van der Waals surface area contributed by atoms with Crippen molar-refractivity contribution in [3.63, 3.8) is 0 Å². The third kappa shape index (κ3) is 2.98. The zero-order valence-electron chi connectivity index (χ0n) is 14.5. The van der Waals surface area contributed by atoms with Gasteiger partial charge in [0.15, 0.2) is 5.58 Å². The second kappa shape index (κ2) is 6.32. The zero-order chi connectivity index (χ0) is 17.6. The van der Waals surface area contributed by atoms with Crippen molar-refractivity contribution in [3.8, 4) is 11.3 Å². The fourth-order valence-corrected chi connectivity index (χ4v) is 3.72. The van der Waals surface area contributed by atoms with Crippen LogP contribution in [0.25, 0.3) is 22.2 Å². The van der Waals surface area contributed by atoms with Crippen LogP contribution in [-0.4, -0.2) is 35.4 Å². The topological polar surface area (TPSA) is 51.4 Å². The molecule has 0 bridgehead atoms. The summed E-state index contributed by atoms with van der Waals surface area (Å²) in [5.41, 5.74) is 4.22. The number of rotatable bonds is 2. The van der Waals surface area contributed by atoms with Crippen LogP contribution in [0.5, 0.6) is 0 Å². The van der Waals surface area contributed by atoms with E-state index >= 15 is 0 Å². The zero-order valence-corrected chi connectivity index (χ0v) is 15.2. The highest BCUT2D eigenvalue weighted by molar-refractivity contribution is 6.37. The number of morpholine rings is 1. The summed E-state index contributed by atoms with van der Waals surface area (Å²) in [4.78, 5) is 6.58. The van der Waals surface area contributed by atoms with Gasteiger partial charge in [-0.15, -0.1) is 0 Å². The Morgan fingerprint density at radius 3 is 2.56 bits per heavy atom. The summed E-state index contributed by atoms with van der Waals surface area (Å²) in [5.74, 6) is 0. The van der Waals surface area contributed by atoms with Gasteiger partial charge in [-0.3, -0.25) is 4.98 Å². The van der Waals surface area contributed by atoms with Gasteiger partial charge in [0.05, 0.1) is 23.3 Å². The fourth-order valence-electron chi connectivity index (χ4n) is 3.40. The highest BCUT2D eigenvalue weighted by atomic mass is 35.5. The lowest BCUT2D eigenvalue weighted by Gasteiger charge is -2.37. The molecule has 2 atom stereocenters. The van der Waals surface area contributed by atoms with Gasteiger partial charge in [-0.05, 0) is 45.0 Å². The first-order valence-electron chi connectivity index (χ1n) is 8.44. The minimum Gasteiger partial charge on any atom is -0.372 e. The van der Waals surface area contributed by atoms with Crippen molar-refractivity contribution < 1.29 is 9.26 Å². The maximum absolute atomic E-state index is 6.66. The molecule has 3 heterocycles. The molecule has 2 aromatic heterocycles. The molecule has 130 valence electrons. The van der Waals surface area contributed by atoms with Crippen LogP contribution in [0.1, 0.15) is 19.5 Å². The summed E-state index contributed by atoms with van der Waals surface area (Å²) in [7, 11) is 0. The van der Waals surface area contributed by atoms with Gasteiger partial charge in [-0.2, -0.15) is 0 Å². The molecular formula is C19H20ClN3O2. The third-order valence-corrected chi connectivity index (χ3v) is 4.87. The van der Waals surface area contributed by atoms with Crippen molar-refractivity contribution in [1.82, 2.24) is 10.1 Å². The molecule has 0 radical (unpaired) electrons. The number of anilines is 1. The number of aromatic nitrogens is 2. The van der Waals surface area contributed by atoms with Gasteiger partial charge in [0.1, 0.15) is 10.7 Å². The first kappa shape index (κ1) is 16.4. The quantitative estimate of drug-likeness (QED) is 0.677. The average molecular weight is 358 g/mol. The Hall–Kier alpha value is -2.11. The number of aryl methyl sites for hydroxylation is 1. The molecule has 5 nitrogen and oxygen atoms in total. The number of hydrogen-bond donors (Lipinski definition) is 0. The van der Waals surface area contributed by atoms with Crippen LogP contribution in [0.4, 0.5) is 5.69 Å². The number of ether oxygens (including phenoxy) is 1. The van der Waals surface area contributed by atoms with Crippen LogP contribution in [0.15, 0.2) is 35.0 Å². The summed E-state index contributed by atoms with van der Waals surface area (Å²) in [6, 6.07) is 8.01. The molecule has 3 aromatic rings. The maximum Gasteiger partial charge on any atom is 0.188 e. The molecule has 0 saturated carbocycles. The Balaban J connectivity index is 1.75. The highest BCUT2D eigenvalue weighted by Crippen LogP contribution is 2.38. The molecule has 0 N–H and O–H groups in total. The van der Waals surface area contributed by atoms with E-state index in [1.54, 1.807) is 6.20 Å². The lowest BCUT2D eigenvalue weighted by Crippen LogP contribution is -2.45. The first-order valence-corrected chi connectivity index (χ1v) is 8.82. The van der Waals surface area contributed by atoms with E-state index in [1.807, 2.05) is 31.2 Å². The predicted octanol–water partition coefficient (Wildman–Crippen LogP) is 4.47. The molecule has 1 saturated heterocycles. The van der Waals surface area contributed by atoms with Gasteiger partial charge >= 0.3 is 0 Å². The molecule has 0 unspecified atom stereocenters. The Morgan fingerprint density at radius 2 is 1.88 bits per heavy atom. The van der Waals surface area contributed by atoms with Crippen molar-refractivity contribution in [2.24, 2.45) is 0 Å². The smallest absolute Gasteiger partial charge is 0.188 e. The second-order valence-electron chi connectivity index (χ2n) is 6.66. The van der Waals surface area contributed by atoms with E-state index in [1.165, 1.54) is 0 Å². The second-order valence-corrected chi connectivity index (χ2v) is 7.04. The number of nitrogens with zero attached hydrogens (tertiary/aromatic N) is 3. The molecule has 1 aliphatic rings. The summed E-state index contributed by atoms with van der Waals surface area (Å²) in [6.45, 7) is 7.72.